The monoisotopic (exact) mass is 594 g/mol. The van der Waals surface area contributed by atoms with Crippen LogP contribution in [0, 0.1) is 0 Å². The van der Waals surface area contributed by atoms with Crippen LogP contribution in [0.25, 0.3) is 0 Å². The second-order valence-corrected chi connectivity index (χ2v) is 11.1. The van der Waals surface area contributed by atoms with E-state index in [4.69, 9.17) is 14.6 Å². The van der Waals surface area contributed by atoms with Crippen LogP contribution < -0.4 is 5.32 Å². The number of carbonyl (C=O) groups is 2. The van der Waals surface area contributed by atoms with Crippen LogP contribution in [0.15, 0.2) is 109 Å². The third-order valence-electron chi connectivity index (χ3n) is 7.61. The molecule has 228 valence electrons. The summed E-state index contributed by atoms with van der Waals surface area (Å²) in [5, 5.41) is 21.1. The van der Waals surface area contributed by atoms with Crippen LogP contribution >= 0.6 is 0 Å². The van der Waals surface area contributed by atoms with E-state index in [0.717, 1.165) is 29.8 Å². The van der Waals surface area contributed by atoms with Crippen molar-refractivity contribution in [1.82, 2.24) is 4.90 Å². The van der Waals surface area contributed by atoms with Gasteiger partial charge in [0.2, 0.25) is 5.91 Å². The number of nitrogens with zero attached hydrogens (tertiary/aromatic N) is 1. The molecule has 1 saturated heterocycles. The molecule has 0 radical (unpaired) electrons. The Bertz CT molecular complexity index is 1440. The van der Waals surface area contributed by atoms with Crippen LogP contribution in [0.4, 0.5) is 5.69 Å². The van der Waals surface area contributed by atoms with E-state index in [1.165, 1.54) is 11.1 Å². The van der Waals surface area contributed by atoms with Gasteiger partial charge >= 0.3 is 5.97 Å². The Balaban J connectivity index is 1.35. The predicted molar refractivity (Wildman–Crippen MR) is 167 cm³/mol. The molecular weight excluding hydrogens is 556 g/mol. The van der Waals surface area contributed by atoms with Gasteiger partial charge in [0.15, 0.2) is 6.29 Å². The largest absolute Gasteiger partial charge is 0.481 e. The SMILES string of the molecule is O=C(O)CCC(=O)Nc1ccc([C@@H]2O[C@H](CN(Cc3ccccc3)Cc3ccccc3)C[C@H](c3ccc(CO)cc3)O2)cc1. The molecule has 0 aliphatic carbocycles. The second-order valence-electron chi connectivity index (χ2n) is 11.1. The Morgan fingerprint density at radius 1 is 0.727 bits per heavy atom. The van der Waals surface area contributed by atoms with Gasteiger partial charge in [0.05, 0.1) is 25.2 Å². The van der Waals surface area contributed by atoms with Crippen molar-refractivity contribution in [3.05, 3.63) is 137 Å². The van der Waals surface area contributed by atoms with E-state index in [1.54, 1.807) is 12.1 Å². The number of nitrogens with one attached hydrogen (secondary N) is 1. The summed E-state index contributed by atoms with van der Waals surface area (Å²) in [6.45, 7) is 2.21. The van der Waals surface area contributed by atoms with E-state index in [2.05, 4.69) is 58.7 Å². The molecule has 0 bridgehead atoms. The van der Waals surface area contributed by atoms with E-state index >= 15 is 0 Å². The van der Waals surface area contributed by atoms with Crippen molar-refractivity contribution in [2.75, 3.05) is 11.9 Å². The smallest absolute Gasteiger partial charge is 0.303 e. The van der Waals surface area contributed by atoms with E-state index in [9.17, 15) is 14.7 Å². The number of amides is 1. The van der Waals surface area contributed by atoms with Crippen LogP contribution in [-0.4, -0.2) is 39.6 Å². The predicted octanol–water partition coefficient (Wildman–Crippen LogP) is 6.23. The summed E-state index contributed by atoms with van der Waals surface area (Å²) >= 11 is 0. The number of hydrogen-bond donors (Lipinski definition) is 3. The lowest BCUT2D eigenvalue weighted by molar-refractivity contribution is -0.253. The summed E-state index contributed by atoms with van der Waals surface area (Å²) in [4.78, 5) is 25.3. The van der Waals surface area contributed by atoms with Crippen molar-refractivity contribution in [3.8, 4) is 0 Å². The summed E-state index contributed by atoms with van der Waals surface area (Å²) in [5.74, 6) is -1.36. The molecular formula is C36H38N2O6. The molecule has 1 aliphatic heterocycles. The van der Waals surface area contributed by atoms with Crippen LogP contribution in [-0.2, 0) is 38.8 Å². The highest BCUT2D eigenvalue weighted by Crippen LogP contribution is 2.38. The summed E-state index contributed by atoms with van der Waals surface area (Å²) < 4.78 is 13.1. The first kappa shape index (κ1) is 31.1. The van der Waals surface area contributed by atoms with E-state index in [-0.39, 0.29) is 37.6 Å². The van der Waals surface area contributed by atoms with Crippen molar-refractivity contribution >= 4 is 17.6 Å². The Morgan fingerprint density at radius 3 is 1.89 bits per heavy atom. The van der Waals surface area contributed by atoms with Gasteiger partial charge in [0.25, 0.3) is 0 Å². The molecule has 3 atom stereocenters. The van der Waals surface area contributed by atoms with Crippen molar-refractivity contribution < 1.29 is 29.3 Å². The van der Waals surface area contributed by atoms with Crippen molar-refractivity contribution in [3.63, 3.8) is 0 Å². The first-order chi connectivity index (χ1) is 21.4. The summed E-state index contributed by atoms with van der Waals surface area (Å²) in [5.41, 5.74) is 5.69. The molecule has 8 nitrogen and oxygen atoms in total. The van der Waals surface area contributed by atoms with Crippen molar-refractivity contribution in [2.45, 2.75) is 57.5 Å². The molecule has 1 amide bonds. The number of aliphatic hydroxyl groups excluding tert-OH is 1. The molecule has 5 rings (SSSR count). The molecule has 1 aliphatic rings. The molecule has 4 aromatic carbocycles. The van der Waals surface area contributed by atoms with Crippen molar-refractivity contribution in [1.29, 1.82) is 0 Å². The molecule has 0 unspecified atom stereocenters. The lowest BCUT2D eigenvalue weighted by Crippen LogP contribution is -2.39. The summed E-state index contributed by atoms with van der Waals surface area (Å²) in [6, 6.07) is 35.9. The molecule has 0 saturated carbocycles. The molecule has 1 heterocycles. The Morgan fingerprint density at radius 2 is 1.32 bits per heavy atom. The fourth-order valence-corrected chi connectivity index (χ4v) is 5.36. The average molecular weight is 595 g/mol. The zero-order valence-corrected chi connectivity index (χ0v) is 24.5. The Kier molecular flexibility index (Phi) is 10.9. The number of hydrogen-bond acceptors (Lipinski definition) is 6. The van der Waals surface area contributed by atoms with Gasteiger partial charge in [-0.05, 0) is 34.4 Å². The molecule has 0 aromatic heterocycles. The van der Waals surface area contributed by atoms with Gasteiger partial charge in [-0.15, -0.1) is 0 Å². The average Bonchev–Trinajstić information content (AvgIpc) is 3.05. The van der Waals surface area contributed by atoms with Gasteiger partial charge in [-0.3, -0.25) is 14.5 Å². The van der Waals surface area contributed by atoms with Crippen LogP contribution in [0.5, 0.6) is 0 Å². The second kappa shape index (κ2) is 15.4. The highest BCUT2D eigenvalue weighted by Gasteiger charge is 2.33. The number of benzene rings is 4. The van der Waals surface area contributed by atoms with E-state index < -0.39 is 12.3 Å². The summed E-state index contributed by atoms with van der Waals surface area (Å²) in [7, 11) is 0. The molecule has 44 heavy (non-hydrogen) atoms. The number of anilines is 1. The highest BCUT2D eigenvalue weighted by atomic mass is 16.7. The minimum absolute atomic E-state index is 0.0205. The fourth-order valence-electron chi connectivity index (χ4n) is 5.36. The number of carbonyl (C=O) groups excluding carboxylic acids is 1. The molecule has 1 fully saturated rings. The molecule has 0 spiro atoms. The third-order valence-corrected chi connectivity index (χ3v) is 7.61. The maximum absolute atomic E-state index is 12.1. The maximum Gasteiger partial charge on any atom is 0.303 e. The molecule has 3 N–H and O–H groups in total. The zero-order valence-electron chi connectivity index (χ0n) is 24.5. The first-order valence-electron chi connectivity index (χ1n) is 14.9. The first-order valence-corrected chi connectivity index (χ1v) is 14.9. The van der Waals surface area contributed by atoms with Crippen LogP contribution in [0.1, 0.15) is 59.5 Å². The summed E-state index contributed by atoms with van der Waals surface area (Å²) in [6.07, 6.45) is -0.652. The number of aliphatic carboxylic acids is 1. The number of carboxylic acids is 1. The zero-order chi connectivity index (χ0) is 30.7. The molecule has 8 heteroatoms. The number of ether oxygens (including phenoxy) is 2. The van der Waals surface area contributed by atoms with E-state index in [1.807, 2.05) is 48.5 Å². The highest BCUT2D eigenvalue weighted by molar-refractivity contribution is 5.92. The number of rotatable bonds is 13. The normalized spacial score (nSPS) is 18.2. The van der Waals surface area contributed by atoms with Gasteiger partial charge < -0.3 is 25.0 Å². The fraction of sp³-hybridized carbons (Fsp3) is 0.278. The maximum atomic E-state index is 12.1. The minimum Gasteiger partial charge on any atom is -0.481 e. The van der Waals surface area contributed by atoms with Crippen molar-refractivity contribution in [2.24, 2.45) is 0 Å². The Labute approximate surface area is 257 Å². The minimum atomic E-state index is -1.01. The van der Waals surface area contributed by atoms with Crippen LogP contribution in [0.2, 0.25) is 0 Å². The van der Waals surface area contributed by atoms with E-state index in [0.29, 0.717) is 18.7 Å². The number of carboxylic acid groups (broad SMARTS) is 1. The lowest BCUT2D eigenvalue weighted by atomic mass is 9.99. The lowest BCUT2D eigenvalue weighted by Gasteiger charge is -2.38. The standard InChI is InChI=1S/C36H38N2O6/c39-25-28-11-13-29(14-12-28)33-21-32(24-38(22-26-7-3-1-4-8-26)23-27-9-5-2-6-10-27)43-36(44-33)30-15-17-31(18-16-30)37-34(40)19-20-35(41)42/h1-18,32-33,36,39H,19-25H2,(H,37,40)(H,41,42)/t32-,33+,36+/m0/s1. The number of aliphatic hydroxyl groups is 1. The van der Waals surface area contributed by atoms with Gasteiger partial charge in [0, 0.05) is 43.7 Å². The third kappa shape index (κ3) is 9.08. The topological polar surface area (TPSA) is 108 Å². The quantitative estimate of drug-likeness (QED) is 0.168. The van der Waals surface area contributed by atoms with Gasteiger partial charge in [-0.25, -0.2) is 0 Å². The van der Waals surface area contributed by atoms with Gasteiger partial charge in [-0.2, -0.15) is 0 Å². The van der Waals surface area contributed by atoms with Gasteiger partial charge in [0.1, 0.15) is 0 Å². The Hall–Kier alpha value is -4.34. The van der Waals surface area contributed by atoms with Gasteiger partial charge in [-0.1, -0.05) is 97.1 Å². The van der Waals surface area contributed by atoms with Crippen LogP contribution in [0.3, 0.4) is 0 Å². The molecule has 4 aromatic rings.